The Morgan fingerprint density at radius 1 is 0.955 bits per heavy atom. The first-order chi connectivity index (χ1) is 10.8. The van der Waals surface area contributed by atoms with Gasteiger partial charge in [0, 0.05) is 0 Å². The zero-order chi connectivity index (χ0) is 15.2. The predicted molar refractivity (Wildman–Crippen MR) is 89.2 cm³/mol. The van der Waals surface area contributed by atoms with E-state index in [1.165, 1.54) is 32.1 Å². The summed E-state index contributed by atoms with van der Waals surface area (Å²) < 4.78 is 5.87. The summed E-state index contributed by atoms with van der Waals surface area (Å²) in [5.41, 5.74) is 2.18. The maximum absolute atomic E-state index is 10.1. The highest BCUT2D eigenvalue weighted by Gasteiger charge is 2.16. The van der Waals surface area contributed by atoms with Crippen LogP contribution in [0, 0.1) is 5.92 Å². The van der Waals surface area contributed by atoms with Crippen molar-refractivity contribution in [1.82, 2.24) is 0 Å². The van der Waals surface area contributed by atoms with Gasteiger partial charge in [0.15, 0.2) is 0 Å². The fourth-order valence-corrected chi connectivity index (χ4v) is 3.26. The van der Waals surface area contributed by atoms with Crippen LogP contribution in [-0.4, -0.2) is 5.11 Å². The van der Waals surface area contributed by atoms with Crippen LogP contribution in [0.4, 0.5) is 0 Å². The topological polar surface area (TPSA) is 29.5 Å². The molecule has 0 amide bonds. The highest BCUT2D eigenvalue weighted by Crippen LogP contribution is 2.31. The third kappa shape index (κ3) is 4.03. The van der Waals surface area contributed by atoms with Crippen LogP contribution >= 0.6 is 0 Å². The van der Waals surface area contributed by atoms with Crippen molar-refractivity contribution < 1.29 is 9.84 Å². The highest BCUT2D eigenvalue weighted by atomic mass is 16.5. The molecule has 3 rings (SSSR count). The van der Waals surface area contributed by atoms with E-state index in [0.717, 1.165) is 23.3 Å². The molecule has 0 radical (unpaired) electrons. The molecule has 1 aliphatic rings. The number of benzene rings is 2. The standard InChI is InChI=1S/C20H24O2/c21-20-12-11-19(22-15-17-9-5-2-6-10-17)14-18(20)13-16-7-3-1-4-8-16/h2,5-6,9-12,14,16,21H,1,3-4,7-8,13,15H2. The second-order valence-electron chi connectivity index (χ2n) is 6.27. The monoisotopic (exact) mass is 296 g/mol. The Hall–Kier alpha value is -1.96. The SMILES string of the molecule is Oc1ccc(OCc2ccccc2)cc1CC1CCCCC1. The molecule has 22 heavy (non-hydrogen) atoms. The minimum atomic E-state index is 0.401. The molecule has 0 heterocycles. The van der Waals surface area contributed by atoms with Crippen LogP contribution < -0.4 is 4.74 Å². The molecule has 2 aromatic rings. The van der Waals surface area contributed by atoms with Crippen molar-refractivity contribution in [3.05, 3.63) is 59.7 Å². The smallest absolute Gasteiger partial charge is 0.120 e. The normalized spacial score (nSPS) is 15.6. The number of phenolic OH excluding ortho intramolecular Hbond substituents is 1. The van der Waals surface area contributed by atoms with Crippen molar-refractivity contribution in [2.24, 2.45) is 5.92 Å². The highest BCUT2D eigenvalue weighted by molar-refractivity contribution is 5.39. The van der Waals surface area contributed by atoms with Gasteiger partial charge >= 0.3 is 0 Å². The minimum absolute atomic E-state index is 0.401. The lowest BCUT2D eigenvalue weighted by Gasteiger charge is -2.22. The molecule has 0 aromatic heterocycles. The Balaban J connectivity index is 1.64. The van der Waals surface area contributed by atoms with E-state index in [-0.39, 0.29) is 0 Å². The third-order valence-corrected chi connectivity index (χ3v) is 4.53. The number of ether oxygens (including phenoxy) is 1. The van der Waals surface area contributed by atoms with Gasteiger partial charge in [-0.3, -0.25) is 0 Å². The Bertz CT molecular complexity index is 586. The molecule has 0 unspecified atom stereocenters. The molecule has 116 valence electrons. The van der Waals surface area contributed by atoms with E-state index in [1.807, 2.05) is 30.3 Å². The molecular formula is C20H24O2. The van der Waals surface area contributed by atoms with Crippen LogP contribution in [0.25, 0.3) is 0 Å². The van der Waals surface area contributed by atoms with Gasteiger partial charge in [-0.25, -0.2) is 0 Å². The summed E-state index contributed by atoms with van der Waals surface area (Å²) in [6.07, 6.45) is 7.56. The first-order valence-electron chi connectivity index (χ1n) is 8.30. The van der Waals surface area contributed by atoms with Crippen molar-refractivity contribution >= 4 is 0 Å². The van der Waals surface area contributed by atoms with E-state index in [1.54, 1.807) is 6.07 Å². The Kier molecular flexibility index (Phi) is 4.99. The lowest BCUT2D eigenvalue weighted by molar-refractivity contribution is 0.304. The molecule has 0 spiro atoms. The lowest BCUT2D eigenvalue weighted by Crippen LogP contribution is -2.09. The van der Waals surface area contributed by atoms with Crippen molar-refractivity contribution in [1.29, 1.82) is 0 Å². The minimum Gasteiger partial charge on any atom is -0.508 e. The lowest BCUT2D eigenvalue weighted by atomic mass is 9.84. The molecule has 0 bridgehead atoms. The molecule has 1 fully saturated rings. The van der Waals surface area contributed by atoms with Crippen LogP contribution in [0.15, 0.2) is 48.5 Å². The van der Waals surface area contributed by atoms with E-state index < -0.39 is 0 Å². The first-order valence-corrected chi connectivity index (χ1v) is 8.30. The van der Waals surface area contributed by atoms with Crippen LogP contribution in [-0.2, 0) is 13.0 Å². The van der Waals surface area contributed by atoms with Gasteiger partial charge in [0.2, 0.25) is 0 Å². The molecule has 2 heteroatoms. The second kappa shape index (κ2) is 7.35. The van der Waals surface area contributed by atoms with Gasteiger partial charge in [-0.2, -0.15) is 0 Å². The van der Waals surface area contributed by atoms with Crippen molar-refractivity contribution in [3.8, 4) is 11.5 Å². The number of aromatic hydroxyl groups is 1. The molecule has 1 aliphatic carbocycles. The molecule has 1 saturated carbocycles. The van der Waals surface area contributed by atoms with E-state index in [4.69, 9.17) is 4.74 Å². The Morgan fingerprint density at radius 3 is 2.50 bits per heavy atom. The largest absolute Gasteiger partial charge is 0.508 e. The van der Waals surface area contributed by atoms with Crippen LogP contribution in [0.3, 0.4) is 0 Å². The summed E-state index contributed by atoms with van der Waals surface area (Å²) in [5, 5.41) is 10.1. The number of rotatable bonds is 5. The van der Waals surface area contributed by atoms with Crippen molar-refractivity contribution in [2.45, 2.75) is 45.1 Å². The van der Waals surface area contributed by atoms with Gasteiger partial charge in [-0.15, -0.1) is 0 Å². The first kappa shape index (κ1) is 15.0. The van der Waals surface area contributed by atoms with Gasteiger partial charge in [-0.1, -0.05) is 62.4 Å². The van der Waals surface area contributed by atoms with E-state index in [0.29, 0.717) is 18.3 Å². The van der Waals surface area contributed by atoms with E-state index in [9.17, 15) is 5.11 Å². The third-order valence-electron chi connectivity index (χ3n) is 4.53. The fourth-order valence-electron chi connectivity index (χ4n) is 3.26. The number of hydrogen-bond acceptors (Lipinski definition) is 2. The maximum Gasteiger partial charge on any atom is 0.120 e. The molecule has 0 aliphatic heterocycles. The molecule has 1 N–H and O–H groups in total. The quantitative estimate of drug-likeness (QED) is 0.832. The van der Waals surface area contributed by atoms with Gasteiger partial charge in [0.05, 0.1) is 0 Å². The van der Waals surface area contributed by atoms with E-state index in [2.05, 4.69) is 12.1 Å². The maximum atomic E-state index is 10.1. The summed E-state index contributed by atoms with van der Waals surface area (Å²) in [4.78, 5) is 0. The fraction of sp³-hybridized carbons (Fsp3) is 0.400. The van der Waals surface area contributed by atoms with Crippen LogP contribution in [0.1, 0.15) is 43.2 Å². The summed E-state index contributed by atoms with van der Waals surface area (Å²) in [6, 6.07) is 15.8. The van der Waals surface area contributed by atoms with Gasteiger partial charge in [0.1, 0.15) is 18.1 Å². The van der Waals surface area contributed by atoms with Gasteiger partial charge in [0.25, 0.3) is 0 Å². The van der Waals surface area contributed by atoms with Gasteiger partial charge < -0.3 is 9.84 Å². The Labute approximate surface area is 132 Å². The summed E-state index contributed by atoms with van der Waals surface area (Å²) in [6.45, 7) is 0.564. The molecule has 0 atom stereocenters. The zero-order valence-corrected chi connectivity index (χ0v) is 13.0. The summed E-state index contributed by atoms with van der Waals surface area (Å²) >= 11 is 0. The molecule has 2 aromatic carbocycles. The summed E-state index contributed by atoms with van der Waals surface area (Å²) in [5.74, 6) is 1.95. The van der Waals surface area contributed by atoms with Crippen molar-refractivity contribution in [2.75, 3.05) is 0 Å². The number of phenols is 1. The van der Waals surface area contributed by atoms with Crippen LogP contribution in [0.2, 0.25) is 0 Å². The predicted octanol–water partition coefficient (Wildman–Crippen LogP) is 5.09. The van der Waals surface area contributed by atoms with Crippen molar-refractivity contribution in [3.63, 3.8) is 0 Å². The second-order valence-corrected chi connectivity index (χ2v) is 6.27. The molecular weight excluding hydrogens is 272 g/mol. The van der Waals surface area contributed by atoms with E-state index >= 15 is 0 Å². The average Bonchev–Trinajstić information content (AvgIpc) is 2.57. The Morgan fingerprint density at radius 2 is 1.73 bits per heavy atom. The van der Waals surface area contributed by atoms with Crippen LogP contribution in [0.5, 0.6) is 11.5 Å². The van der Waals surface area contributed by atoms with Gasteiger partial charge in [-0.05, 0) is 41.7 Å². The molecule has 2 nitrogen and oxygen atoms in total. The molecule has 0 saturated heterocycles. The summed E-state index contributed by atoms with van der Waals surface area (Å²) in [7, 11) is 0. The average molecular weight is 296 g/mol. The zero-order valence-electron chi connectivity index (χ0n) is 13.0. The number of hydrogen-bond donors (Lipinski definition) is 1.